The highest BCUT2D eigenvalue weighted by Gasteiger charge is 2.17. The molecule has 0 heterocycles. The van der Waals surface area contributed by atoms with Crippen molar-refractivity contribution >= 4 is 27.5 Å². The van der Waals surface area contributed by atoms with Gasteiger partial charge in [-0.05, 0) is 36.8 Å². The summed E-state index contributed by atoms with van der Waals surface area (Å²) in [6, 6.07) is 8.43. The monoisotopic (exact) mass is 325 g/mol. The third-order valence-electron chi connectivity index (χ3n) is 2.62. The van der Waals surface area contributed by atoms with Crippen molar-refractivity contribution in [3.8, 4) is 0 Å². The summed E-state index contributed by atoms with van der Waals surface area (Å²) in [5.41, 5.74) is 0.874. The minimum atomic E-state index is -0.885. The van der Waals surface area contributed by atoms with Gasteiger partial charge in [0.2, 0.25) is 0 Å². The molecular formula is C14H10BrF2NO. The average molecular weight is 326 g/mol. The Kier molecular flexibility index (Phi) is 3.95. The van der Waals surface area contributed by atoms with E-state index in [1.165, 1.54) is 6.07 Å². The summed E-state index contributed by atoms with van der Waals surface area (Å²) < 4.78 is 27.7. The number of aryl methyl sites for hydroxylation is 1. The topological polar surface area (TPSA) is 29.1 Å². The maximum Gasteiger partial charge on any atom is 0.261 e. The maximum absolute atomic E-state index is 13.4. The van der Waals surface area contributed by atoms with Gasteiger partial charge in [0, 0.05) is 10.2 Å². The van der Waals surface area contributed by atoms with Crippen LogP contribution in [0.4, 0.5) is 14.5 Å². The molecule has 0 aliphatic rings. The zero-order valence-corrected chi connectivity index (χ0v) is 11.6. The van der Waals surface area contributed by atoms with Gasteiger partial charge >= 0.3 is 0 Å². The zero-order chi connectivity index (χ0) is 14.0. The molecule has 98 valence electrons. The van der Waals surface area contributed by atoms with Crippen molar-refractivity contribution in [1.29, 1.82) is 0 Å². The molecule has 1 N–H and O–H groups in total. The number of hydrogen-bond donors (Lipinski definition) is 1. The van der Waals surface area contributed by atoms with E-state index in [1.807, 2.05) is 6.92 Å². The molecule has 0 aromatic heterocycles. The van der Waals surface area contributed by atoms with Gasteiger partial charge in [0.1, 0.15) is 17.2 Å². The molecule has 0 radical (unpaired) electrons. The normalized spacial score (nSPS) is 10.3. The second-order valence-corrected chi connectivity index (χ2v) is 4.87. The summed E-state index contributed by atoms with van der Waals surface area (Å²) in [4.78, 5) is 11.8. The van der Waals surface area contributed by atoms with Crippen molar-refractivity contribution < 1.29 is 13.6 Å². The first-order chi connectivity index (χ1) is 8.99. The quantitative estimate of drug-likeness (QED) is 0.876. The second kappa shape index (κ2) is 5.48. The van der Waals surface area contributed by atoms with E-state index in [1.54, 1.807) is 18.2 Å². The Hall–Kier alpha value is -1.75. The molecule has 1 amide bonds. The molecule has 0 fully saturated rings. The lowest BCUT2D eigenvalue weighted by atomic mass is 10.1. The van der Waals surface area contributed by atoms with E-state index in [9.17, 15) is 13.6 Å². The summed E-state index contributed by atoms with van der Waals surface area (Å²) in [5, 5.41) is 2.46. The molecule has 0 aliphatic carbocycles. The number of hydrogen-bond acceptors (Lipinski definition) is 1. The highest BCUT2D eigenvalue weighted by molar-refractivity contribution is 9.10. The summed E-state index contributed by atoms with van der Waals surface area (Å²) in [6.45, 7) is 1.90. The van der Waals surface area contributed by atoms with Crippen LogP contribution in [-0.2, 0) is 0 Å². The molecule has 2 aromatic carbocycles. The standard InChI is InChI=1S/C14H10BrF2NO/c1-8-5-6-9(7-10(8)15)18-14(19)13-11(16)3-2-4-12(13)17/h2-7H,1H3,(H,18,19). The van der Waals surface area contributed by atoms with Crippen molar-refractivity contribution in [2.75, 3.05) is 5.32 Å². The van der Waals surface area contributed by atoms with Crippen LogP contribution in [-0.4, -0.2) is 5.91 Å². The first kappa shape index (κ1) is 13.7. The fraction of sp³-hybridized carbons (Fsp3) is 0.0714. The van der Waals surface area contributed by atoms with Gasteiger partial charge in [-0.25, -0.2) is 8.78 Å². The number of rotatable bonds is 2. The lowest BCUT2D eigenvalue weighted by Gasteiger charge is -2.08. The van der Waals surface area contributed by atoms with Crippen molar-refractivity contribution in [2.45, 2.75) is 6.92 Å². The van der Waals surface area contributed by atoms with E-state index < -0.39 is 23.1 Å². The molecule has 0 saturated carbocycles. The Balaban J connectivity index is 2.28. The number of carbonyl (C=O) groups is 1. The van der Waals surface area contributed by atoms with Crippen LogP contribution in [0.1, 0.15) is 15.9 Å². The fourth-order valence-corrected chi connectivity index (χ4v) is 1.96. The Labute approximate surface area is 117 Å². The van der Waals surface area contributed by atoms with E-state index >= 15 is 0 Å². The van der Waals surface area contributed by atoms with E-state index in [0.717, 1.165) is 22.2 Å². The highest BCUT2D eigenvalue weighted by Crippen LogP contribution is 2.22. The largest absolute Gasteiger partial charge is 0.322 e. The predicted molar refractivity (Wildman–Crippen MR) is 73.2 cm³/mol. The Morgan fingerprint density at radius 3 is 2.37 bits per heavy atom. The Morgan fingerprint density at radius 2 is 1.79 bits per heavy atom. The molecular weight excluding hydrogens is 316 g/mol. The van der Waals surface area contributed by atoms with Gasteiger partial charge in [0.05, 0.1) is 0 Å². The smallest absolute Gasteiger partial charge is 0.261 e. The number of anilines is 1. The molecule has 5 heteroatoms. The number of benzene rings is 2. The van der Waals surface area contributed by atoms with Crippen LogP contribution in [0.5, 0.6) is 0 Å². The molecule has 0 bridgehead atoms. The lowest BCUT2D eigenvalue weighted by Crippen LogP contribution is -2.15. The van der Waals surface area contributed by atoms with Crippen molar-refractivity contribution in [2.24, 2.45) is 0 Å². The molecule has 19 heavy (non-hydrogen) atoms. The average Bonchev–Trinajstić information content (AvgIpc) is 2.33. The molecule has 2 aromatic rings. The predicted octanol–water partition coefficient (Wildman–Crippen LogP) is 4.29. The van der Waals surface area contributed by atoms with Gasteiger partial charge < -0.3 is 5.32 Å². The molecule has 0 spiro atoms. The van der Waals surface area contributed by atoms with E-state index in [-0.39, 0.29) is 0 Å². The number of nitrogens with one attached hydrogen (secondary N) is 1. The summed E-state index contributed by atoms with van der Waals surface area (Å²) in [7, 11) is 0. The van der Waals surface area contributed by atoms with E-state index in [0.29, 0.717) is 5.69 Å². The van der Waals surface area contributed by atoms with Gasteiger partial charge in [-0.3, -0.25) is 4.79 Å². The van der Waals surface area contributed by atoms with Crippen molar-refractivity contribution in [3.05, 3.63) is 63.6 Å². The molecule has 0 unspecified atom stereocenters. The number of amides is 1. The summed E-state index contributed by atoms with van der Waals surface area (Å²) in [5.74, 6) is -2.58. The minimum Gasteiger partial charge on any atom is -0.322 e. The van der Waals surface area contributed by atoms with E-state index in [4.69, 9.17) is 0 Å². The minimum absolute atomic E-state index is 0.463. The summed E-state index contributed by atoms with van der Waals surface area (Å²) in [6.07, 6.45) is 0. The zero-order valence-electron chi connectivity index (χ0n) is 10.0. The van der Waals surface area contributed by atoms with Crippen LogP contribution in [0.25, 0.3) is 0 Å². The molecule has 0 saturated heterocycles. The van der Waals surface area contributed by atoms with Gasteiger partial charge in [-0.15, -0.1) is 0 Å². The van der Waals surface area contributed by atoms with Crippen LogP contribution < -0.4 is 5.32 Å². The number of halogens is 3. The van der Waals surface area contributed by atoms with Gasteiger partial charge in [-0.1, -0.05) is 28.1 Å². The second-order valence-electron chi connectivity index (χ2n) is 4.01. The molecule has 2 nitrogen and oxygen atoms in total. The maximum atomic E-state index is 13.4. The van der Waals surface area contributed by atoms with Crippen LogP contribution in [0, 0.1) is 18.6 Å². The third kappa shape index (κ3) is 2.98. The summed E-state index contributed by atoms with van der Waals surface area (Å²) >= 11 is 3.32. The van der Waals surface area contributed by atoms with Crippen LogP contribution in [0.2, 0.25) is 0 Å². The van der Waals surface area contributed by atoms with Gasteiger partial charge in [0.15, 0.2) is 0 Å². The van der Waals surface area contributed by atoms with Crippen LogP contribution >= 0.6 is 15.9 Å². The van der Waals surface area contributed by atoms with E-state index in [2.05, 4.69) is 21.2 Å². The highest BCUT2D eigenvalue weighted by atomic mass is 79.9. The Morgan fingerprint density at radius 1 is 1.16 bits per heavy atom. The molecule has 0 aliphatic heterocycles. The fourth-order valence-electron chi connectivity index (χ4n) is 1.58. The Bertz CT molecular complexity index is 623. The lowest BCUT2D eigenvalue weighted by molar-refractivity contribution is 0.101. The van der Waals surface area contributed by atoms with Crippen LogP contribution in [0.15, 0.2) is 40.9 Å². The molecule has 0 atom stereocenters. The SMILES string of the molecule is Cc1ccc(NC(=O)c2c(F)cccc2F)cc1Br. The van der Waals surface area contributed by atoms with Crippen LogP contribution in [0.3, 0.4) is 0 Å². The first-order valence-corrected chi connectivity index (χ1v) is 6.30. The van der Waals surface area contributed by atoms with Gasteiger partial charge in [-0.2, -0.15) is 0 Å². The van der Waals surface area contributed by atoms with Gasteiger partial charge in [0.25, 0.3) is 5.91 Å². The number of carbonyl (C=O) groups excluding carboxylic acids is 1. The van der Waals surface area contributed by atoms with Crippen molar-refractivity contribution in [3.63, 3.8) is 0 Å². The van der Waals surface area contributed by atoms with Crippen molar-refractivity contribution in [1.82, 2.24) is 0 Å². The molecule has 2 rings (SSSR count). The third-order valence-corrected chi connectivity index (χ3v) is 3.47. The first-order valence-electron chi connectivity index (χ1n) is 5.50.